The molecular weight excluding hydrogens is 254 g/mol. The van der Waals surface area contributed by atoms with Crippen molar-refractivity contribution in [1.82, 2.24) is 9.97 Å². The summed E-state index contributed by atoms with van der Waals surface area (Å²) < 4.78 is 1.17. The number of alkyl halides is 1. The van der Waals surface area contributed by atoms with E-state index in [9.17, 15) is 0 Å². The van der Waals surface area contributed by atoms with Crippen molar-refractivity contribution in [3.8, 4) is 0 Å². The average molecular weight is 268 g/mol. The molecule has 2 atom stereocenters. The maximum absolute atomic E-state index is 6.36. The zero-order chi connectivity index (χ0) is 11.8. The predicted molar refractivity (Wildman–Crippen MR) is 73.1 cm³/mol. The van der Waals surface area contributed by atoms with Gasteiger partial charge in [-0.2, -0.15) is 0 Å². The van der Waals surface area contributed by atoms with Gasteiger partial charge in [-0.25, -0.2) is 9.97 Å². The minimum atomic E-state index is 0.216. The molecule has 1 fully saturated rings. The Bertz CT molecular complexity index is 527. The molecule has 0 radical (unpaired) electrons. The van der Waals surface area contributed by atoms with Crippen molar-refractivity contribution in [2.75, 3.05) is 18.0 Å². The zero-order valence-corrected chi connectivity index (χ0v) is 11.2. The molecule has 2 unspecified atom stereocenters. The summed E-state index contributed by atoms with van der Waals surface area (Å²) in [6, 6.07) is 2.04. The van der Waals surface area contributed by atoms with Crippen LogP contribution in [-0.2, 0) is 0 Å². The van der Waals surface area contributed by atoms with Crippen LogP contribution in [0.1, 0.15) is 13.3 Å². The Morgan fingerprint density at radius 2 is 2.35 bits per heavy atom. The molecule has 0 N–H and O–H groups in total. The second-order valence-electron chi connectivity index (χ2n) is 4.56. The number of aromatic nitrogens is 2. The summed E-state index contributed by atoms with van der Waals surface area (Å²) in [5, 5.41) is 2.28. The lowest BCUT2D eigenvalue weighted by atomic mass is 9.99. The third-order valence-corrected chi connectivity index (χ3v) is 4.86. The number of hydrogen-bond acceptors (Lipinski definition) is 4. The highest BCUT2D eigenvalue weighted by molar-refractivity contribution is 7.17. The number of halogens is 1. The number of fused-ring (bicyclic) bond motifs is 1. The van der Waals surface area contributed by atoms with Crippen molar-refractivity contribution < 1.29 is 0 Å². The molecule has 0 bridgehead atoms. The van der Waals surface area contributed by atoms with Gasteiger partial charge in [-0.05, 0) is 23.8 Å². The van der Waals surface area contributed by atoms with Gasteiger partial charge in [0.15, 0.2) is 0 Å². The minimum absolute atomic E-state index is 0.216. The van der Waals surface area contributed by atoms with Crippen molar-refractivity contribution in [2.45, 2.75) is 18.7 Å². The van der Waals surface area contributed by atoms with Gasteiger partial charge in [0.05, 0.1) is 15.6 Å². The molecule has 0 amide bonds. The number of thiophene rings is 1. The van der Waals surface area contributed by atoms with Gasteiger partial charge in [-0.15, -0.1) is 22.9 Å². The number of rotatable bonds is 1. The highest BCUT2D eigenvalue weighted by Gasteiger charge is 2.26. The van der Waals surface area contributed by atoms with E-state index in [-0.39, 0.29) is 5.38 Å². The van der Waals surface area contributed by atoms with E-state index in [1.807, 2.05) is 6.07 Å². The molecule has 0 aromatic carbocycles. The van der Waals surface area contributed by atoms with Gasteiger partial charge >= 0.3 is 0 Å². The fourth-order valence-corrected chi connectivity index (χ4v) is 3.37. The van der Waals surface area contributed by atoms with Gasteiger partial charge in [0, 0.05) is 13.1 Å². The Kier molecular flexibility index (Phi) is 2.92. The van der Waals surface area contributed by atoms with E-state index in [0.29, 0.717) is 5.92 Å². The molecule has 5 heteroatoms. The predicted octanol–water partition coefficient (Wildman–Crippen LogP) is 3.14. The van der Waals surface area contributed by atoms with Gasteiger partial charge in [-0.1, -0.05) is 6.92 Å². The molecular formula is C12H14ClN3S. The average Bonchev–Trinajstić information content (AvgIpc) is 2.80. The van der Waals surface area contributed by atoms with Crippen LogP contribution in [0.4, 0.5) is 5.82 Å². The molecule has 17 heavy (non-hydrogen) atoms. The summed E-state index contributed by atoms with van der Waals surface area (Å²) in [4.78, 5) is 11.0. The molecule has 2 aromatic rings. The molecule has 0 aliphatic carbocycles. The highest BCUT2D eigenvalue weighted by Crippen LogP contribution is 2.31. The third-order valence-electron chi connectivity index (χ3n) is 3.39. The first-order valence-corrected chi connectivity index (χ1v) is 7.14. The third kappa shape index (κ3) is 2.00. The molecule has 1 aliphatic rings. The molecule has 3 heterocycles. The molecule has 3 nitrogen and oxygen atoms in total. The van der Waals surface area contributed by atoms with Crippen molar-refractivity contribution in [1.29, 1.82) is 0 Å². The molecule has 1 aliphatic heterocycles. The van der Waals surface area contributed by atoms with Crippen LogP contribution in [0.25, 0.3) is 10.2 Å². The van der Waals surface area contributed by atoms with Crippen LogP contribution < -0.4 is 4.90 Å². The van der Waals surface area contributed by atoms with Gasteiger partial charge < -0.3 is 4.90 Å². The van der Waals surface area contributed by atoms with E-state index in [1.165, 1.54) is 4.70 Å². The van der Waals surface area contributed by atoms with Crippen molar-refractivity contribution in [3.63, 3.8) is 0 Å². The molecule has 0 saturated carbocycles. The van der Waals surface area contributed by atoms with E-state index >= 15 is 0 Å². The first-order chi connectivity index (χ1) is 8.25. The zero-order valence-electron chi connectivity index (χ0n) is 9.64. The number of piperidine rings is 1. The summed E-state index contributed by atoms with van der Waals surface area (Å²) in [6.07, 6.45) is 2.77. The summed E-state index contributed by atoms with van der Waals surface area (Å²) in [5.41, 5.74) is 1.03. The van der Waals surface area contributed by atoms with Crippen LogP contribution in [0.15, 0.2) is 17.8 Å². The van der Waals surface area contributed by atoms with Gasteiger partial charge in [0.2, 0.25) is 0 Å². The largest absolute Gasteiger partial charge is 0.354 e. The van der Waals surface area contributed by atoms with Crippen molar-refractivity contribution in [2.24, 2.45) is 5.92 Å². The van der Waals surface area contributed by atoms with E-state index in [0.717, 1.165) is 30.8 Å². The van der Waals surface area contributed by atoms with E-state index in [1.54, 1.807) is 17.7 Å². The Hall–Kier alpha value is -0.870. The van der Waals surface area contributed by atoms with Crippen LogP contribution in [-0.4, -0.2) is 28.4 Å². The van der Waals surface area contributed by atoms with Crippen LogP contribution in [0.2, 0.25) is 0 Å². The lowest BCUT2D eigenvalue weighted by molar-refractivity contribution is 0.444. The lowest BCUT2D eigenvalue weighted by Gasteiger charge is -2.34. The maximum Gasteiger partial charge on any atom is 0.150 e. The second-order valence-corrected chi connectivity index (χ2v) is 6.04. The summed E-state index contributed by atoms with van der Waals surface area (Å²) >= 11 is 8.06. The lowest BCUT2D eigenvalue weighted by Crippen LogP contribution is -2.40. The molecule has 2 aromatic heterocycles. The fourth-order valence-electron chi connectivity index (χ4n) is 2.22. The second kappa shape index (κ2) is 4.42. The number of nitrogens with zero attached hydrogens (tertiary/aromatic N) is 3. The Labute approximate surface area is 109 Å². The molecule has 90 valence electrons. The topological polar surface area (TPSA) is 29.0 Å². The standard InChI is InChI=1S/C12H14ClN3S/c1-8-2-4-16(6-9(8)13)12-11-10(3-5-17-11)14-7-15-12/h3,5,7-9H,2,4,6H2,1H3. The fraction of sp³-hybridized carbons (Fsp3) is 0.500. The SMILES string of the molecule is CC1CCN(c2ncnc3ccsc23)CC1Cl. The van der Waals surface area contributed by atoms with Crippen LogP contribution >= 0.6 is 22.9 Å². The van der Waals surface area contributed by atoms with E-state index in [2.05, 4.69) is 27.2 Å². The van der Waals surface area contributed by atoms with Crippen LogP contribution in [0.3, 0.4) is 0 Å². The Morgan fingerprint density at radius 3 is 3.18 bits per heavy atom. The maximum atomic E-state index is 6.36. The Morgan fingerprint density at radius 1 is 1.47 bits per heavy atom. The summed E-state index contributed by atoms with van der Waals surface area (Å²) in [6.45, 7) is 4.14. The molecule has 1 saturated heterocycles. The Balaban J connectivity index is 1.96. The first-order valence-electron chi connectivity index (χ1n) is 5.83. The number of anilines is 1. The van der Waals surface area contributed by atoms with Crippen molar-refractivity contribution in [3.05, 3.63) is 17.8 Å². The highest BCUT2D eigenvalue weighted by atomic mass is 35.5. The smallest absolute Gasteiger partial charge is 0.150 e. The van der Waals surface area contributed by atoms with Crippen LogP contribution in [0.5, 0.6) is 0 Å². The number of hydrogen-bond donors (Lipinski definition) is 0. The van der Waals surface area contributed by atoms with Gasteiger partial charge in [-0.3, -0.25) is 0 Å². The van der Waals surface area contributed by atoms with Gasteiger partial charge in [0.1, 0.15) is 12.1 Å². The van der Waals surface area contributed by atoms with Gasteiger partial charge in [0.25, 0.3) is 0 Å². The monoisotopic (exact) mass is 267 g/mol. The summed E-state index contributed by atoms with van der Waals surface area (Å²) in [5.74, 6) is 1.64. The minimum Gasteiger partial charge on any atom is -0.354 e. The normalized spacial score (nSPS) is 25.4. The van der Waals surface area contributed by atoms with Crippen molar-refractivity contribution >= 4 is 39.0 Å². The quantitative estimate of drug-likeness (QED) is 0.744. The molecule has 3 rings (SSSR count). The van der Waals surface area contributed by atoms with Crippen LogP contribution in [0, 0.1) is 5.92 Å². The van der Waals surface area contributed by atoms with E-state index < -0.39 is 0 Å². The summed E-state index contributed by atoms with van der Waals surface area (Å²) in [7, 11) is 0. The van der Waals surface area contributed by atoms with E-state index in [4.69, 9.17) is 11.6 Å². The first kappa shape index (κ1) is 11.2. The molecule has 0 spiro atoms.